The van der Waals surface area contributed by atoms with E-state index in [9.17, 15) is 0 Å². The van der Waals surface area contributed by atoms with Crippen LogP contribution in [-0.4, -0.2) is 29.5 Å². The molecule has 1 aromatic rings. The first-order chi connectivity index (χ1) is 8.15. The lowest BCUT2D eigenvalue weighted by atomic mass is 10.2. The fourth-order valence-electron chi connectivity index (χ4n) is 1.47. The minimum Gasteiger partial charge on any atom is -0.395 e. The third-order valence-electron chi connectivity index (χ3n) is 2.55. The molecule has 0 aliphatic carbocycles. The van der Waals surface area contributed by atoms with Gasteiger partial charge in [-0.1, -0.05) is 18.5 Å². The molecule has 0 aliphatic heterocycles. The average Bonchev–Trinajstić information content (AvgIpc) is 2.36. The van der Waals surface area contributed by atoms with Crippen molar-refractivity contribution in [1.82, 2.24) is 5.32 Å². The molecule has 1 rings (SSSR count). The van der Waals surface area contributed by atoms with E-state index in [2.05, 4.69) is 12.2 Å². The van der Waals surface area contributed by atoms with Crippen molar-refractivity contribution >= 4 is 23.4 Å². The summed E-state index contributed by atoms with van der Waals surface area (Å²) in [7, 11) is 0. The largest absolute Gasteiger partial charge is 0.395 e. The summed E-state index contributed by atoms with van der Waals surface area (Å²) in [5, 5.41) is 13.2. The molecule has 96 valence electrons. The van der Waals surface area contributed by atoms with Gasteiger partial charge in [-0.3, -0.25) is 0 Å². The molecule has 0 fully saturated rings. The van der Waals surface area contributed by atoms with E-state index < -0.39 is 0 Å². The predicted molar refractivity (Wildman–Crippen MR) is 75.9 cm³/mol. The lowest BCUT2D eigenvalue weighted by molar-refractivity contribution is 0.242. The van der Waals surface area contributed by atoms with Crippen molar-refractivity contribution in [2.75, 3.05) is 12.4 Å². The Labute approximate surface area is 113 Å². The van der Waals surface area contributed by atoms with Gasteiger partial charge in [0.1, 0.15) is 0 Å². The second kappa shape index (κ2) is 7.98. The highest BCUT2D eigenvalue weighted by Crippen LogP contribution is 2.21. The van der Waals surface area contributed by atoms with Crippen LogP contribution in [0.5, 0.6) is 0 Å². The smallest absolute Gasteiger partial charge is 0.0582 e. The van der Waals surface area contributed by atoms with Gasteiger partial charge in [-0.15, -0.1) is 11.8 Å². The average molecular weight is 274 g/mol. The number of thioether (sulfide) groups is 1. The third kappa shape index (κ3) is 5.77. The highest BCUT2D eigenvalue weighted by Gasteiger charge is 2.09. The number of hydrogen-bond acceptors (Lipinski definition) is 3. The van der Waals surface area contributed by atoms with E-state index >= 15 is 0 Å². The molecule has 0 spiro atoms. The van der Waals surface area contributed by atoms with Crippen LogP contribution in [0.2, 0.25) is 5.02 Å². The maximum absolute atomic E-state index is 9.01. The minimum absolute atomic E-state index is 0.158. The van der Waals surface area contributed by atoms with Gasteiger partial charge in [0, 0.05) is 27.8 Å². The molecule has 4 heteroatoms. The van der Waals surface area contributed by atoms with Crippen LogP contribution in [0.15, 0.2) is 29.2 Å². The molecular weight excluding hydrogens is 254 g/mol. The molecule has 0 saturated heterocycles. The van der Waals surface area contributed by atoms with E-state index in [0.717, 1.165) is 17.2 Å². The summed E-state index contributed by atoms with van der Waals surface area (Å²) in [6.45, 7) is 4.34. The molecule has 0 saturated carbocycles. The Bertz CT molecular complexity index is 318. The molecule has 0 aromatic heterocycles. The van der Waals surface area contributed by atoms with Crippen LogP contribution >= 0.6 is 23.4 Å². The van der Waals surface area contributed by atoms with Gasteiger partial charge >= 0.3 is 0 Å². The normalized spacial score (nSPS) is 14.6. The van der Waals surface area contributed by atoms with E-state index in [1.54, 1.807) is 0 Å². The molecule has 0 bridgehead atoms. The number of hydrogen-bond donors (Lipinski definition) is 2. The topological polar surface area (TPSA) is 32.3 Å². The summed E-state index contributed by atoms with van der Waals surface area (Å²) in [6, 6.07) is 8.48. The number of rotatable bonds is 7. The van der Waals surface area contributed by atoms with Crippen molar-refractivity contribution in [1.29, 1.82) is 0 Å². The molecule has 0 heterocycles. The second-order valence-corrected chi connectivity index (χ2v) is 5.65. The van der Waals surface area contributed by atoms with E-state index in [1.165, 1.54) is 4.90 Å². The monoisotopic (exact) mass is 273 g/mol. The zero-order chi connectivity index (χ0) is 12.7. The molecule has 0 amide bonds. The Balaban J connectivity index is 2.39. The van der Waals surface area contributed by atoms with Crippen LogP contribution in [0.1, 0.15) is 20.3 Å². The Kier molecular flexibility index (Phi) is 6.97. The van der Waals surface area contributed by atoms with E-state index in [-0.39, 0.29) is 12.6 Å². The molecular formula is C13H20ClNOS. The summed E-state index contributed by atoms with van der Waals surface area (Å²) >= 11 is 7.65. The molecule has 0 aliphatic rings. The van der Waals surface area contributed by atoms with Crippen molar-refractivity contribution in [3.05, 3.63) is 29.3 Å². The van der Waals surface area contributed by atoms with Crippen LogP contribution in [-0.2, 0) is 0 Å². The number of halogens is 1. The Morgan fingerprint density at radius 2 is 2.00 bits per heavy atom. The van der Waals surface area contributed by atoms with Gasteiger partial charge in [0.2, 0.25) is 0 Å². The lowest BCUT2D eigenvalue weighted by Gasteiger charge is -2.20. The summed E-state index contributed by atoms with van der Waals surface area (Å²) in [5.41, 5.74) is 0. The van der Waals surface area contributed by atoms with E-state index in [1.807, 2.05) is 43.0 Å². The maximum Gasteiger partial charge on any atom is 0.0582 e. The van der Waals surface area contributed by atoms with Crippen LogP contribution < -0.4 is 5.32 Å². The first-order valence-corrected chi connectivity index (χ1v) is 7.27. The van der Waals surface area contributed by atoms with Crippen LogP contribution in [0.25, 0.3) is 0 Å². The molecule has 1 aromatic carbocycles. The molecule has 0 radical (unpaired) electrons. The Morgan fingerprint density at radius 1 is 1.35 bits per heavy atom. The van der Waals surface area contributed by atoms with Crippen LogP contribution in [0.3, 0.4) is 0 Å². The lowest BCUT2D eigenvalue weighted by Crippen LogP contribution is -2.39. The van der Waals surface area contributed by atoms with Crippen molar-refractivity contribution in [3.63, 3.8) is 0 Å². The van der Waals surface area contributed by atoms with Gasteiger partial charge in [-0.05, 0) is 37.6 Å². The number of aliphatic hydroxyl groups excluding tert-OH is 1. The molecule has 1 unspecified atom stereocenters. The first-order valence-electron chi connectivity index (χ1n) is 5.91. The number of nitrogens with one attached hydrogen (secondary N) is 1. The van der Waals surface area contributed by atoms with E-state index in [4.69, 9.17) is 16.7 Å². The predicted octanol–water partition coefficient (Wildman–Crippen LogP) is 3.18. The van der Waals surface area contributed by atoms with Gasteiger partial charge in [-0.25, -0.2) is 0 Å². The van der Waals surface area contributed by atoms with Crippen molar-refractivity contribution in [3.8, 4) is 0 Å². The summed E-state index contributed by atoms with van der Waals surface area (Å²) in [6.07, 6.45) is 1.06. The zero-order valence-electron chi connectivity index (χ0n) is 10.3. The van der Waals surface area contributed by atoms with Crippen LogP contribution in [0, 0.1) is 0 Å². The van der Waals surface area contributed by atoms with Gasteiger partial charge in [0.05, 0.1) is 6.61 Å². The molecule has 2 atom stereocenters. The highest BCUT2D eigenvalue weighted by molar-refractivity contribution is 7.99. The second-order valence-electron chi connectivity index (χ2n) is 4.12. The van der Waals surface area contributed by atoms with Crippen LogP contribution in [0.4, 0.5) is 0 Å². The summed E-state index contributed by atoms with van der Waals surface area (Å²) < 4.78 is 0. The first kappa shape index (κ1) is 14.8. The quantitative estimate of drug-likeness (QED) is 0.749. The Hall–Kier alpha value is -0.220. The van der Waals surface area contributed by atoms with Gasteiger partial charge in [0.15, 0.2) is 0 Å². The molecule has 17 heavy (non-hydrogen) atoms. The fourth-order valence-corrected chi connectivity index (χ4v) is 2.65. The molecule has 2 N–H and O–H groups in total. The zero-order valence-corrected chi connectivity index (χ0v) is 11.9. The molecule has 2 nitrogen and oxygen atoms in total. The van der Waals surface area contributed by atoms with Gasteiger partial charge < -0.3 is 10.4 Å². The van der Waals surface area contributed by atoms with Crippen molar-refractivity contribution in [2.24, 2.45) is 0 Å². The fraction of sp³-hybridized carbons (Fsp3) is 0.538. The van der Waals surface area contributed by atoms with Crippen molar-refractivity contribution in [2.45, 2.75) is 37.2 Å². The minimum atomic E-state index is 0.158. The SMILES string of the molecule is CCC(CSc1ccc(Cl)cc1)N[C@H](C)CO. The number of benzene rings is 1. The summed E-state index contributed by atoms with van der Waals surface area (Å²) in [4.78, 5) is 1.23. The Morgan fingerprint density at radius 3 is 2.53 bits per heavy atom. The standard InChI is InChI=1S/C13H20ClNOS/c1-3-12(15-10(2)8-16)9-17-13-6-4-11(14)5-7-13/h4-7,10,12,15-16H,3,8-9H2,1-2H3/t10-,12?/m1/s1. The van der Waals surface area contributed by atoms with E-state index in [0.29, 0.717) is 6.04 Å². The van der Waals surface area contributed by atoms with Gasteiger partial charge in [0.25, 0.3) is 0 Å². The summed E-state index contributed by atoms with van der Waals surface area (Å²) in [5.74, 6) is 1.00. The maximum atomic E-state index is 9.01. The highest BCUT2D eigenvalue weighted by atomic mass is 35.5. The van der Waals surface area contributed by atoms with Gasteiger partial charge in [-0.2, -0.15) is 0 Å². The third-order valence-corrected chi connectivity index (χ3v) is 3.98. The van der Waals surface area contributed by atoms with Crippen molar-refractivity contribution < 1.29 is 5.11 Å². The number of aliphatic hydroxyl groups is 1.